The van der Waals surface area contributed by atoms with Crippen molar-refractivity contribution in [2.75, 3.05) is 13.2 Å². The van der Waals surface area contributed by atoms with Gasteiger partial charge in [-0.2, -0.15) is 5.26 Å². The van der Waals surface area contributed by atoms with Gasteiger partial charge in [-0.25, -0.2) is 9.59 Å². The zero-order valence-electron chi connectivity index (χ0n) is 12.2. The van der Waals surface area contributed by atoms with Gasteiger partial charge in [0.1, 0.15) is 17.4 Å². The molecule has 0 amide bonds. The third-order valence-corrected chi connectivity index (χ3v) is 2.64. The van der Waals surface area contributed by atoms with Gasteiger partial charge >= 0.3 is 11.9 Å². The Bertz CT molecular complexity index is 601. The third-order valence-electron chi connectivity index (χ3n) is 2.64. The first-order valence-electron chi connectivity index (χ1n) is 6.81. The van der Waals surface area contributed by atoms with Crippen LogP contribution in [0.1, 0.15) is 25.3 Å². The van der Waals surface area contributed by atoms with Gasteiger partial charge in [-0.15, -0.1) is 0 Å². The first-order valence-corrected chi connectivity index (χ1v) is 6.81. The molecule has 0 aromatic heterocycles. The summed E-state index contributed by atoms with van der Waals surface area (Å²) in [6.45, 7) is 1.71. The summed E-state index contributed by atoms with van der Waals surface area (Å²) in [5.74, 6) is -1.54. The molecule has 1 aromatic carbocycles. The van der Waals surface area contributed by atoms with E-state index in [1.54, 1.807) is 30.3 Å². The maximum atomic E-state index is 11.8. The maximum absolute atomic E-state index is 11.8. The molecule has 0 spiro atoms. The molecule has 0 saturated carbocycles. The number of unbranched alkanes of at least 4 members (excludes halogenated alkanes) is 1. The number of nitrogens with zero attached hydrogens (tertiary/aromatic N) is 1. The quantitative estimate of drug-likeness (QED) is 0.343. The van der Waals surface area contributed by atoms with E-state index in [9.17, 15) is 9.59 Å². The van der Waals surface area contributed by atoms with E-state index in [1.165, 1.54) is 6.08 Å². The SMILES string of the molecule is CCCCOC(=O)/C(C#N)=C/c1ccccc1OCC(=O)O. The van der Waals surface area contributed by atoms with Gasteiger partial charge in [0.05, 0.1) is 6.61 Å². The van der Waals surface area contributed by atoms with Gasteiger partial charge in [-0.1, -0.05) is 31.5 Å². The molecule has 22 heavy (non-hydrogen) atoms. The molecular formula is C16H17NO5. The van der Waals surface area contributed by atoms with E-state index >= 15 is 0 Å². The predicted molar refractivity (Wildman–Crippen MR) is 79.0 cm³/mol. The lowest BCUT2D eigenvalue weighted by Crippen LogP contribution is -2.10. The number of carbonyl (C=O) groups is 2. The fraction of sp³-hybridized carbons (Fsp3) is 0.312. The summed E-state index contributed by atoms with van der Waals surface area (Å²) in [7, 11) is 0. The number of hydrogen-bond donors (Lipinski definition) is 1. The second-order valence-corrected chi connectivity index (χ2v) is 4.38. The molecule has 6 nitrogen and oxygen atoms in total. The highest BCUT2D eigenvalue weighted by molar-refractivity contribution is 5.98. The summed E-state index contributed by atoms with van der Waals surface area (Å²) in [6, 6.07) is 8.32. The van der Waals surface area contributed by atoms with Crippen LogP contribution in [0.25, 0.3) is 6.08 Å². The minimum atomic E-state index is -1.11. The van der Waals surface area contributed by atoms with Crippen LogP contribution in [0.5, 0.6) is 5.75 Å². The Kier molecular flexibility index (Phi) is 7.20. The highest BCUT2D eigenvalue weighted by Crippen LogP contribution is 2.21. The lowest BCUT2D eigenvalue weighted by atomic mass is 10.1. The standard InChI is InChI=1S/C16H17NO5/c1-2-3-8-21-16(20)13(10-17)9-12-6-4-5-7-14(12)22-11-15(18)19/h4-7,9H,2-3,8,11H2,1H3,(H,18,19)/b13-9+. The summed E-state index contributed by atoms with van der Waals surface area (Å²) in [6.07, 6.45) is 2.93. The van der Waals surface area contributed by atoms with Gasteiger partial charge < -0.3 is 14.6 Å². The number of ether oxygens (including phenoxy) is 2. The summed E-state index contributed by atoms with van der Waals surface area (Å²) in [5, 5.41) is 17.7. The Hall–Kier alpha value is -2.81. The lowest BCUT2D eigenvalue weighted by molar-refractivity contribution is -0.140. The van der Waals surface area contributed by atoms with Gasteiger partial charge in [-0.05, 0) is 18.6 Å². The van der Waals surface area contributed by atoms with Crippen LogP contribution in [0, 0.1) is 11.3 Å². The minimum absolute atomic E-state index is 0.164. The fourth-order valence-corrected chi connectivity index (χ4v) is 1.55. The highest BCUT2D eigenvalue weighted by atomic mass is 16.5. The zero-order chi connectivity index (χ0) is 16.4. The second-order valence-electron chi connectivity index (χ2n) is 4.38. The number of benzene rings is 1. The highest BCUT2D eigenvalue weighted by Gasteiger charge is 2.12. The van der Waals surface area contributed by atoms with Crippen molar-refractivity contribution >= 4 is 18.0 Å². The Labute approximate surface area is 128 Å². The fourth-order valence-electron chi connectivity index (χ4n) is 1.55. The minimum Gasteiger partial charge on any atom is -0.481 e. The molecule has 0 aliphatic heterocycles. The van der Waals surface area contributed by atoms with Gasteiger partial charge in [0.2, 0.25) is 0 Å². The lowest BCUT2D eigenvalue weighted by Gasteiger charge is -2.07. The van der Waals surface area contributed by atoms with E-state index in [2.05, 4.69) is 0 Å². The largest absolute Gasteiger partial charge is 0.481 e. The van der Waals surface area contributed by atoms with Gasteiger partial charge in [0, 0.05) is 5.56 Å². The molecule has 1 aromatic rings. The van der Waals surface area contributed by atoms with E-state index < -0.39 is 18.5 Å². The van der Waals surface area contributed by atoms with Crippen LogP contribution in [-0.4, -0.2) is 30.3 Å². The molecule has 0 aliphatic rings. The zero-order valence-corrected chi connectivity index (χ0v) is 12.2. The van der Waals surface area contributed by atoms with Crippen molar-refractivity contribution in [3.63, 3.8) is 0 Å². The van der Waals surface area contributed by atoms with E-state index in [4.69, 9.17) is 19.8 Å². The number of esters is 1. The molecule has 116 valence electrons. The van der Waals surface area contributed by atoms with E-state index in [-0.39, 0.29) is 17.9 Å². The number of hydrogen-bond acceptors (Lipinski definition) is 5. The number of carbonyl (C=O) groups excluding carboxylic acids is 1. The Balaban J connectivity index is 2.90. The van der Waals surface area contributed by atoms with Crippen LogP contribution in [0.3, 0.4) is 0 Å². The Morgan fingerprint density at radius 1 is 1.36 bits per heavy atom. The van der Waals surface area contributed by atoms with Crippen molar-refractivity contribution in [1.29, 1.82) is 5.26 Å². The van der Waals surface area contributed by atoms with Crippen LogP contribution in [0.4, 0.5) is 0 Å². The molecule has 0 heterocycles. The first kappa shape index (κ1) is 17.2. The third kappa shape index (κ3) is 5.67. The molecule has 0 aliphatic carbocycles. The maximum Gasteiger partial charge on any atom is 0.348 e. The number of aliphatic carboxylic acids is 1. The first-order chi connectivity index (χ1) is 10.6. The number of para-hydroxylation sites is 1. The average Bonchev–Trinajstić information content (AvgIpc) is 2.51. The van der Waals surface area contributed by atoms with Crippen molar-refractivity contribution in [2.45, 2.75) is 19.8 Å². The number of carboxylic acid groups (broad SMARTS) is 1. The van der Waals surface area contributed by atoms with Crippen LogP contribution < -0.4 is 4.74 Å². The van der Waals surface area contributed by atoms with Crippen molar-refractivity contribution < 1.29 is 24.2 Å². The Morgan fingerprint density at radius 2 is 2.09 bits per heavy atom. The van der Waals surface area contributed by atoms with Crippen LogP contribution in [0.2, 0.25) is 0 Å². The van der Waals surface area contributed by atoms with E-state index in [0.29, 0.717) is 5.56 Å². The van der Waals surface area contributed by atoms with Crippen molar-refractivity contribution in [3.05, 3.63) is 35.4 Å². The number of rotatable bonds is 8. The second kappa shape index (κ2) is 9.19. The molecule has 0 saturated heterocycles. The predicted octanol–water partition coefficient (Wildman–Crippen LogP) is 2.40. The summed E-state index contributed by atoms with van der Waals surface area (Å²) >= 11 is 0. The van der Waals surface area contributed by atoms with Crippen LogP contribution in [-0.2, 0) is 14.3 Å². The summed E-state index contributed by atoms with van der Waals surface area (Å²) in [4.78, 5) is 22.3. The molecule has 1 rings (SSSR count). The van der Waals surface area contributed by atoms with Gasteiger partial charge in [0.15, 0.2) is 6.61 Å². The molecule has 0 fully saturated rings. The Morgan fingerprint density at radius 3 is 2.73 bits per heavy atom. The molecule has 0 radical (unpaired) electrons. The molecule has 0 atom stereocenters. The number of carboxylic acids is 1. The monoisotopic (exact) mass is 303 g/mol. The van der Waals surface area contributed by atoms with Crippen molar-refractivity contribution in [2.24, 2.45) is 0 Å². The van der Waals surface area contributed by atoms with E-state index in [1.807, 2.05) is 6.92 Å². The summed E-state index contributed by atoms with van der Waals surface area (Å²) in [5.41, 5.74) is 0.273. The molecule has 0 unspecified atom stereocenters. The molecule has 1 N–H and O–H groups in total. The van der Waals surface area contributed by atoms with Crippen molar-refractivity contribution in [3.8, 4) is 11.8 Å². The van der Waals surface area contributed by atoms with Gasteiger partial charge in [-0.3, -0.25) is 0 Å². The van der Waals surface area contributed by atoms with Crippen LogP contribution in [0.15, 0.2) is 29.8 Å². The smallest absolute Gasteiger partial charge is 0.348 e. The average molecular weight is 303 g/mol. The summed E-state index contributed by atoms with van der Waals surface area (Å²) < 4.78 is 10.1. The van der Waals surface area contributed by atoms with Gasteiger partial charge in [0.25, 0.3) is 0 Å². The normalized spacial score (nSPS) is 10.6. The molecule has 6 heteroatoms. The topological polar surface area (TPSA) is 96.6 Å². The number of nitriles is 1. The van der Waals surface area contributed by atoms with Crippen LogP contribution >= 0.6 is 0 Å². The van der Waals surface area contributed by atoms with E-state index in [0.717, 1.165) is 12.8 Å². The van der Waals surface area contributed by atoms with Crippen molar-refractivity contribution in [1.82, 2.24) is 0 Å². The molecular weight excluding hydrogens is 286 g/mol. The molecule has 0 bridgehead atoms.